The van der Waals surface area contributed by atoms with E-state index in [2.05, 4.69) is 0 Å². The molecule has 0 radical (unpaired) electrons. The van der Waals surface area contributed by atoms with Crippen LogP contribution < -0.4 is 0 Å². The second-order valence-electron chi connectivity index (χ2n) is 10.1. The molecule has 0 amide bonds. The Labute approximate surface area is 174 Å². The molecule has 3 saturated carbocycles. The van der Waals surface area contributed by atoms with Gasteiger partial charge in [-0.1, -0.05) is 51.4 Å². The standard InChI is InChI=1S/C26H35F2N/c27-25-15-23(16-26(28)24(25)17-29)22-13-11-21(12-14-22)20-9-7-19(8-10-20)6-5-18-3-1-2-4-18/h15-16,18-22H,1-14H2/t19-,20-,21-,22-. The summed E-state index contributed by atoms with van der Waals surface area (Å²) in [7, 11) is 0. The molecule has 1 aromatic rings. The molecule has 3 heteroatoms. The molecule has 4 rings (SSSR count). The summed E-state index contributed by atoms with van der Waals surface area (Å²) in [5, 5.41) is 8.86. The maximum Gasteiger partial charge on any atom is 0.144 e. The maximum atomic E-state index is 14.0. The minimum absolute atomic E-state index is 0.241. The Hall–Kier alpha value is -1.43. The van der Waals surface area contributed by atoms with E-state index in [4.69, 9.17) is 5.26 Å². The van der Waals surface area contributed by atoms with Gasteiger partial charge in [0, 0.05) is 0 Å². The van der Waals surface area contributed by atoms with Crippen LogP contribution in [0.15, 0.2) is 12.1 Å². The van der Waals surface area contributed by atoms with Crippen molar-refractivity contribution in [1.82, 2.24) is 0 Å². The molecule has 0 aliphatic heterocycles. The first-order chi connectivity index (χ1) is 14.1. The Morgan fingerprint density at radius 2 is 1.21 bits per heavy atom. The van der Waals surface area contributed by atoms with Crippen molar-refractivity contribution in [3.8, 4) is 6.07 Å². The smallest absolute Gasteiger partial charge is 0.144 e. The molecule has 3 fully saturated rings. The number of halogens is 2. The molecule has 0 heterocycles. The molecule has 1 nitrogen and oxygen atoms in total. The predicted molar refractivity (Wildman–Crippen MR) is 112 cm³/mol. The highest BCUT2D eigenvalue weighted by Crippen LogP contribution is 2.45. The fraction of sp³-hybridized carbons (Fsp3) is 0.731. The fourth-order valence-electron chi connectivity index (χ4n) is 6.58. The van der Waals surface area contributed by atoms with Gasteiger partial charge in [0.05, 0.1) is 0 Å². The van der Waals surface area contributed by atoms with Crippen molar-refractivity contribution < 1.29 is 8.78 Å². The van der Waals surface area contributed by atoms with Gasteiger partial charge in [-0.25, -0.2) is 8.78 Å². The summed E-state index contributed by atoms with van der Waals surface area (Å²) in [6, 6.07) is 4.40. The van der Waals surface area contributed by atoms with Gasteiger partial charge in [0.2, 0.25) is 0 Å². The van der Waals surface area contributed by atoms with Gasteiger partial charge in [0.25, 0.3) is 0 Å². The van der Waals surface area contributed by atoms with Gasteiger partial charge in [-0.3, -0.25) is 0 Å². The molecule has 158 valence electrons. The normalized spacial score (nSPS) is 30.9. The number of benzene rings is 1. The molecule has 1 aromatic carbocycles. The molecule has 0 saturated heterocycles. The minimum Gasteiger partial charge on any atom is -0.205 e. The third-order valence-electron chi connectivity index (χ3n) is 8.44. The average molecular weight is 400 g/mol. The van der Waals surface area contributed by atoms with Crippen molar-refractivity contribution in [3.63, 3.8) is 0 Å². The largest absolute Gasteiger partial charge is 0.205 e. The summed E-state index contributed by atoms with van der Waals surface area (Å²) in [5.74, 6) is 2.49. The summed E-state index contributed by atoms with van der Waals surface area (Å²) < 4.78 is 27.9. The molecule has 0 spiro atoms. The third kappa shape index (κ3) is 5.01. The molecule has 0 unspecified atom stereocenters. The fourth-order valence-corrected chi connectivity index (χ4v) is 6.58. The lowest BCUT2D eigenvalue weighted by molar-refractivity contribution is 0.153. The van der Waals surface area contributed by atoms with Crippen LogP contribution in [0.2, 0.25) is 0 Å². The summed E-state index contributed by atoms with van der Waals surface area (Å²) >= 11 is 0. The lowest BCUT2D eigenvalue weighted by atomic mass is 9.67. The zero-order valence-electron chi connectivity index (χ0n) is 17.6. The highest BCUT2D eigenvalue weighted by Gasteiger charge is 2.32. The van der Waals surface area contributed by atoms with E-state index in [9.17, 15) is 8.78 Å². The Kier molecular flexibility index (Phi) is 6.88. The molecule has 3 aliphatic rings. The van der Waals surface area contributed by atoms with Crippen LogP contribution in [0.3, 0.4) is 0 Å². The van der Waals surface area contributed by atoms with Crippen LogP contribution in [0.1, 0.15) is 107 Å². The first kappa shape index (κ1) is 20.8. The van der Waals surface area contributed by atoms with Crippen molar-refractivity contribution in [2.24, 2.45) is 23.7 Å². The van der Waals surface area contributed by atoms with Crippen LogP contribution in [0.4, 0.5) is 8.78 Å². The predicted octanol–water partition coefficient (Wildman–Crippen LogP) is 7.89. The first-order valence-corrected chi connectivity index (χ1v) is 12.0. The van der Waals surface area contributed by atoms with E-state index in [0.29, 0.717) is 0 Å². The van der Waals surface area contributed by atoms with Crippen LogP contribution in [0.5, 0.6) is 0 Å². The minimum atomic E-state index is -0.708. The quantitative estimate of drug-likeness (QED) is 0.494. The summed E-state index contributed by atoms with van der Waals surface area (Å²) in [6.45, 7) is 0. The SMILES string of the molecule is N#Cc1c(F)cc([C@H]2CC[C@H]([C@H]3CC[C@H](CCC4CCCC4)CC3)CC2)cc1F. The van der Waals surface area contributed by atoms with Gasteiger partial charge in [-0.2, -0.15) is 5.26 Å². The van der Waals surface area contributed by atoms with Crippen molar-refractivity contribution in [2.75, 3.05) is 0 Å². The number of hydrogen-bond acceptors (Lipinski definition) is 1. The zero-order chi connectivity index (χ0) is 20.2. The van der Waals surface area contributed by atoms with Crippen LogP contribution >= 0.6 is 0 Å². The molecule has 29 heavy (non-hydrogen) atoms. The average Bonchev–Trinajstić information content (AvgIpc) is 3.26. The number of nitrogens with zero attached hydrogens (tertiary/aromatic N) is 1. The first-order valence-electron chi connectivity index (χ1n) is 12.0. The van der Waals surface area contributed by atoms with E-state index in [-0.39, 0.29) is 5.92 Å². The van der Waals surface area contributed by atoms with Gasteiger partial charge in [-0.05, 0) is 85.8 Å². The van der Waals surface area contributed by atoms with E-state index < -0.39 is 17.2 Å². The van der Waals surface area contributed by atoms with Crippen molar-refractivity contribution >= 4 is 0 Å². The molecule has 0 atom stereocenters. The van der Waals surface area contributed by atoms with E-state index in [1.54, 1.807) is 6.07 Å². The Balaban J connectivity index is 1.23. The van der Waals surface area contributed by atoms with Gasteiger partial charge in [0.15, 0.2) is 0 Å². The van der Waals surface area contributed by atoms with E-state index in [1.807, 2.05) is 0 Å². The van der Waals surface area contributed by atoms with Crippen LogP contribution in [0, 0.1) is 46.6 Å². The van der Waals surface area contributed by atoms with Crippen LogP contribution in [-0.2, 0) is 0 Å². The lowest BCUT2D eigenvalue weighted by Gasteiger charge is -2.38. The zero-order valence-corrected chi connectivity index (χ0v) is 17.6. The summed E-state index contributed by atoms with van der Waals surface area (Å²) in [5.41, 5.74) is 0.292. The van der Waals surface area contributed by atoms with Gasteiger partial charge in [-0.15, -0.1) is 0 Å². The Morgan fingerprint density at radius 3 is 1.72 bits per heavy atom. The van der Waals surface area contributed by atoms with Crippen molar-refractivity contribution in [3.05, 3.63) is 34.9 Å². The van der Waals surface area contributed by atoms with Gasteiger partial charge >= 0.3 is 0 Å². The van der Waals surface area contributed by atoms with E-state index in [0.717, 1.165) is 42.1 Å². The number of nitriles is 1. The number of rotatable bonds is 5. The topological polar surface area (TPSA) is 23.8 Å². The molecular weight excluding hydrogens is 364 g/mol. The molecule has 0 bridgehead atoms. The monoisotopic (exact) mass is 399 g/mol. The van der Waals surface area contributed by atoms with Crippen LogP contribution in [-0.4, -0.2) is 0 Å². The van der Waals surface area contributed by atoms with Crippen molar-refractivity contribution in [1.29, 1.82) is 5.26 Å². The van der Waals surface area contributed by atoms with Gasteiger partial charge in [0.1, 0.15) is 23.3 Å². The van der Waals surface area contributed by atoms with E-state index in [1.165, 1.54) is 89.2 Å². The molecule has 0 N–H and O–H groups in total. The number of hydrogen-bond donors (Lipinski definition) is 0. The molecular formula is C26H35F2N. The second-order valence-corrected chi connectivity index (χ2v) is 10.1. The highest BCUT2D eigenvalue weighted by molar-refractivity contribution is 5.36. The molecule has 0 aromatic heterocycles. The summed E-state index contributed by atoms with van der Waals surface area (Å²) in [4.78, 5) is 0. The van der Waals surface area contributed by atoms with Crippen LogP contribution in [0.25, 0.3) is 0 Å². The van der Waals surface area contributed by atoms with E-state index >= 15 is 0 Å². The Bertz CT molecular complexity index is 692. The maximum absolute atomic E-state index is 14.0. The lowest BCUT2D eigenvalue weighted by Crippen LogP contribution is -2.25. The second kappa shape index (κ2) is 9.59. The van der Waals surface area contributed by atoms with Crippen molar-refractivity contribution in [2.45, 2.75) is 95.8 Å². The highest BCUT2D eigenvalue weighted by atomic mass is 19.1. The Morgan fingerprint density at radius 1 is 0.724 bits per heavy atom. The third-order valence-corrected chi connectivity index (χ3v) is 8.44. The molecule has 3 aliphatic carbocycles. The van der Waals surface area contributed by atoms with Gasteiger partial charge < -0.3 is 0 Å². The summed E-state index contributed by atoms with van der Waals surface area (Å²) in [6.07, 6.45) is 18.9.